The number of amides is 4. The van der Waals surface area contributed by atoms with Crippen LogP contribution in [0.3, 0.4) is 0 Å². The zero-order valence-corrected chi connectivity index (χ0v) is 56.7. The molecule has 2 aromatic carbocycles. The van der Waals surface area contributed by atoms with Crippen molar-refractivity contribution in [1.82, 2.24) is 10.1 Å². The van der Waals surface area contributed by atoms with Gasteiger partial charge in [0.1, 0.15) is 6.54 Å². The lowest BCUT2D eigenvalue weighted by molar-refractivity contribution is -0.437. The molecule has 0 aromatic heterocycles. The number of hydrogen-bond donors (Lipinski definition) is 2. The van der Waals surface area contributed by atoms with E-state index in [9.17, 15) is 54.7 Å². The maximum absolute atomic E-state index is 14.5. The van der Waals surface area contributed by atoms with E-state index in [1.165, 1.54) is 0 Å². The Morgan fingerprint density at radius 1 is 0.701 bits per heavy atom. The second-order valence-corrected chi connectivity index (χ2v) is 29.0. The highest BCUT2D eigenvalue weighted by Gasteiger charge is 2.54. The Hall–Kier alpha value is -1.71. The molecule has 4 heterocycles. The van der Waals surface area contributed by atoms with Gasteiger partial charge in [0, 0.05) is 101 Å². The minimum absolute atomic E-state index is 0.00394. The smallest absolute Gasteiger partial charge is 0.337 e. The van der Waals surface area contributed by atoms with Crippen LogP contribution in [0.2, 0.25) is 0 Å². The lowest BCUT2D eigenvalue weighted by Crippen LogP contribution is -2.44. The Morgan fingerprint density at radius 3 is 1.84 bits per heavy atom. The molecule has 3 atom stereocenters. The molecule has 0 radical (unpaired) electrons. The lowest BCUT2D eigenvalue weighted by Gasteiger charge is -2.37. The maximum atomic E-state index is 14.5. The molecule has 4 aliphatic rings. The van der Waals surface area contributed by atoms with E-state index in [2.05, 4.69) is 153 Å². The second kappa shape index (κ2) is 27.6. The normalized spacial score (nSPS) is 20.9. The summed E-state index contributed by atoms with van der Waals surface area (Å²) < 4.78 is 75.3. The summed E-state index contributed by atoms with van der Waals surface area (Å²) >= 11 is 13.7. The Kier molecular flexibility index (Phi) is 23.1. The zero-order chi connectivity index (χ0) is 56.8. The molecule has 2 N–H and O–H groups in total. The first-order chi connectivity index (χ1) is 36.2. The van der Waals surface area contributed by atoms with Crippen molar-refractivity contribution < 1.29 is 69.0 Å². The van der Waals surface area contributed by atoms with Crippen LogP contribution in [-0.2, 0) is 69.5 Å². The van der Waals surface area contributed by atoms with E-state index in [1.807, 2.05) is 67.3 Å². The van der Waals surface area contributed by atoms with E-state index in [4.69, 9.17) is 9.68 Å². The van der Waals surface area contributed by atoms with Crippen molar-refractivity contribution in [3.8, 4) is 0 Å². The van der Waals surface area contributed by atoms with Gasteiger partial charge in [0.25, 0.3) is 43.9 Å². The molecule has 0 spiro atoms. The Morgan fingerprint density at radius 2 is 1.25 bits per heavy atom. The molecular weight excluding hydrogens is 1720 g/mol. The first-order valence-corrected chi connectivity index (χ1v) is 34.4. The fourth-order valence-corrected chi connectivity index (χ4v) is 16.5. The maximum Gasteiger partial charge on any atom is 0.337 e. The molecule has 0 aliphatic carbocycles. The van der Waals surface area contributed by atoms with Crippen molar-refractivity contribution in [2.45, 2.75) is 121 Å². The van der Waals surface area contributed by atoms with Gasteiger partial charge in [-0.1, -0.05) is 63.0 Å². The molecule has 2 aromatic rings. The van der Waals surface area contributed by atoms with Crippen LogP contribution in [0.15, 0.2) is 60.4 Å². The summed E-state index contributed by atoms with van der Waals surface area (Å²) in [7, 11) is -8.57. The minimum atomic E-state index is -4.32. The molecule has 0 saturated carbocycles. The van der Waals surface area contributed by atoms with Gasteiger partial charge in [0.05, 0.1) is 28.4 Å². The van der Waals surface area contributed by atoms with Crippen LogP contribution in [-0.4, -0.2) is 107 Å². The van der Waals surface area contributed by atoms with E-state index in [1.54, 1.807) is 0 Å². The van der Waals surface area contributed by atoms with Crippen LogP contribution < -0.4 is 4.90 Å². The average molecular weight is 1780 g/mol. The third-order valence-corrected chi connectivity index (χ3v) is 25.7. The Labute approximate surface area is 530 Å². The van der Waals surface area contributed by atoms with Crippen molar-refractivity contribution in [3.05, 3.63) is 92.9 Å². The summed E-state index contributed by atoms with van der Waals surface area (Å²) in [6.07, 6.45) is 17.1. The number of imide groups is 2. The molecule has 0 bridgehead atoms. The Balaban J connectivity index is 1.36. The van der Waals surface area contributed by atoms with E-state index in [0.717, 1.165) is 56.1 Å². The predicted octanol–water partition coefficient (Wildman–Crippen LogP) is 10.5. The van der Waals surface area contributed by atoms with Crippen LogP contribution in [0.5, 0.6) is 0 Å². The third-order valence-electron chi connectivity index (χ3n) is 13.9. The van der Waals surface area contributed by atoms with Crippen LogP contribution in [0.25, 0.3) is 0 Å². The second-order valence-electron chi connectivity index (χ2n) is 19.2. The number of halogens is 6. The summed E-state index contributed by atoms with van der Waals surface area (Å²) in [4.78, 5) is 89.3. The molecule has 4 aliphatic heterocycles. The van der Waals surface area contributed by atoms with E-state index in [-0.39, 0.29) is 58.0 Å². The number of anilines is 1. The fourth-order valence-electron chi connectivity index (χ4n) is 10.2. The molecule has 3 unspecified atom stereocenters. The third kappa shape index (κ3) is 15.3. The molecule has 18 nitrogen and oxygen atoms in total. The van der Waals surface area contributed by atoms with Crippen molar-refractivity contribution in [2.24, 2.45) is 5.92 Å². The lowest BCUT2D eigenvalue weighted by atomic mass is 9.69. The molecule has 418 valence electrons. The van der Waals surface area contributed by atoms with Crippen LogP contribution >= 0.6 is 136 Å². The van der Waals surface area contributed by atoms with Gasteiger partial charge < -0.3 is 14.6 Å². The number of benzene rings is 2. The summed E-state index contributed by atoms with van der Waals surface area (Å²) in [5.74, 6) is -5.56. The van der Waals surface area contributed by atoms with E-state index >= 15 is 0 Å². The highest BCUT2D eigenvalue weighted by Crippen LogP contribution is 2.56. The number of unbranched alkanes of at least 4 members (excludes halogenated alkanes) is 3. The molecule has 77 heavy (non-hydrogen) atoms. The zero-order valence-electron chi connectivity index (χ0n) is 42.2. The molecular formula is C51H57I6N4O14S2+. The van der Waals surface area contributed by atoms with Crippen molar-refractivity contribution in [1.29, 1.82) is 0 Å². The van der Waals surface area contributed by atoms with Crippen molar-refractivity contribution in [3.63, 3.8) is 0 Å². The van der Waals surface area contributed by atoms with Crippen molar-refractivity contribution >= 4 is 208 Å². The number of allylic oxidation sites excluding steroid dienone is 8. The average Bonchev–Trinajstić information content (AvgIpc) is 3.99. The highest BCUT2D eigenvalue weighted by molar-refractivity contribution is 14.1. The molecule has 2 saturated heterocycles. The quantitative estimate of drug-likeness (QED) is 0.0179. The van der Waals surface area contributed by atoms with E-state index < -0.39 is 84.1 Å². The van der Waals surface area contributed by atoms with Crippen molar-refractivity contribution in [2.75, 3.05) is 29.5 Å². The van der Waals surface area contributed by atoms with Crippen LogP contribution in [0, 0.1) is 27.3 Å². The molecule has 4 amide bonds. The number of carbonyl (C=O) groups excluding carboxylic acids is 6. The van der Waals surface area contributed by atoms with Gasteiger partial charge >= 0.3 is 11.9 Å². The standard InChI is InChI=1S/C51H56I6N4O14S2/c1-4-5-16-31(49(67)75-61-40(64)22-23-41(61)65)51(3)37(59(26-15-28-77(71,72)73)35-30-33(53)46(55)48(57)44(35)51)18-11-8-6-7-10-17-36-50(2,24-13-9-12-19-42(66)74-60-38(62)20-21-39(60)63)43-34(29-32(52)45(54)47(43)56)58(36)25-14-27-76(68,69)70/h6-8,10-11,17-18,29-31H,4-5,9,12-16,19-28H2,1-3H3,(H-,68,69,70,71,72,73)/p+1. The number of carbonyl (C=O) groups is 6. The van der Waals surface area contributed by atoms with Gasteiger partial charge in [-0.2, -0.15) is 21.4 Å². The number of rotatable bonds is 25. The van der Waals surface area contributed by atoms with Crippen LogP contribution in [0.4, 0.5) is 11.4 Å². The summed E-state index contributed by atoms with van der Waals surface area (Å²) in [5.41, 5.74) is 3.31. The SMILES string of the molecule is CCCCC(C(=O)ON1C(=O)CCC1=O)C1(C)/C(=C/C=C/C=C/C=C/C2=[N+](CCCS(=O)(=O)O)c3cc(I)c(I)c(I)c3C2(C)CCCCCC(=O)ON2C(=O)CCC2=O)N(CCCS(=O)(=O)O)c2cc(I)c(I)c(I)c21. The fraction of sp³-hybridized carbons (Fsp3) is 0.471. The van der Waals surface area contributed by atoms with Gasteiger partial charge in [0.2, 0.25) is 5.69 Å². The van der Waals surface area contributed by atoms with Gasteiger partial charge in [-0.05, 0) is 187 Å². The Bertz CT molecular complexity index is 3100. The van der Waals surface area contributed by atoms with Crippen LogP contribution in [0.1, 0.15) is 122 Å². The number of hydrogen-bond acceptors (Lipinski definition) is 13. The molecule has 2 fully saturated rings. The number of hydroxylamine groups is 4. The minimum Gasteiger partial charge on any atom is -0.344 e. The first kappa shape index (κ1) is 64.5. The highest BCUT2D eigenvalue weighted by atomic mass is 127. The van der Waals surface area contributed by atoms with Gasteiger partial charge in [0.15, 0.2) is 5.71 Å². The summed E-state index contributed by atoms with van der Waals surface area (Å²) in [6.45, 7) is 6.49. The largest absolute Gasteiger partial charge is 0.344 e. The first-order valence-electron chi connectivity index (χ1n) is 24.7. The van der Waals surface area contributed by atoms with Gasteiger partial charge in [-0.25, -0.2) is 9.59 Å². The van der Waals surface area contributed by atoms with Gasteiger partial charge in [-0.15, -0.1) is 10.1 Å². The summed E-state index contributed by atoms with van der Waals surface area (Å²) in [6, 6.07) is 4.07. The topological polar surface area (TPSA) is 242 Å². The van der Waals surface area contributed by atoms with E-state index in [0.29, 0.717) is 54.3 Å². The molecule has 6 rings (SSSR count). The van der Waals surface area contributed by atoms with Gasteiger partial charge in [-0.3, -0.25) is 28.3 Å². The molecule has 26 heteroatoms. The summed E-state index contributed by atoms with van der Waals surface area (Å²) in [5, 5.41) is 1.11. The monoisotopic (exact) mass is 1770 g/mol. The predicted molar refractivity (Wildman–Crippen MR) is 339 cm³/mol. The number of fused-ring (bicyclic) bond motifs is 2. The number of nitrogens with zero attached hydrogens (tertiary/aromatic N) is 4.